The molecule has 0 fully saturated rings. The number of amides is 1. The minimum Gasteiger partial charge on any atom is -0.481 e. The van der Waals surface area contributed by atoms with Gasteiger partial charge in [-0.3, -0.25) is 4.79 Å². The average molecular weight is 351 g/mol. The minimum absolute atomic E-state index is 0.0851. The summed E-state index contributed by atoms with van der Waals surface area (Å²) in [6, 6.07) is 16.5. The molecule has 0 saturated carbocycles. The zero-order valence-corrected chi connectivity index (χ0v) is 16.3. The lowest BCUT2D eigenvalue weighted by atomic mass is 9.87. The molecule has 0 unspecified atom stereocenters. The van der Waals surface area contributed by atoms with E-state index in [1.807, 2.05) is 30.0 Å². The molecule has 0 N–H and O–H groups in total. The van der Waals surface area contributed by atoms with E-state index in [4.69, 9.17) is 4.74 Å². The first-order valence-electron chi connectivity index (χ1n) is 9.51. The topological polar surface area (TPSA) is 29.5 Å². The molecule has 2 aromatic rings. The van der Waals surface area contributed by atoms with E-state index < -0.39 is 6.10 Å². The molecular formula is C23H29NO2. The van der Waals surface area contributed by atoms with Gasteiger partial charge in [0.1, 0.15) is 5.75 Å². The van der Waals surface area contributed by atoms with Gasteiger partial charge in [0, 0.05) is 13.1 Å². The van der Waals surface area contributed by atoms with Crippen molar-refractivity contribution >= 4 is 5.91 Å². The lowest BCUT2D eigenvalue weighted by Crippen LogP contribution is -2.44. The number of carbonyl (C=O) groups excluding carboxylic acids is 1. The summed E-state index contributed by atoms with van der Waals surface area (Å²) < 4.78 is 6.04. The maximum absolute atomic E-state index is 13.0. The third-order valence-corrected chi connectivity index (χ3v) is 5.09. The molecule has 1 amide bonds. The second-order valence-electron chi connectivity index (χ2n) is 8.07. The van der Waals surface area contributed by atoms with Crippen LogP contribution in [-0.2, 0) is 23.2 Å². The SMILES string of the molecule is CC[C@H](Oc1ccc(C(C)(C)C)cc1)C(=O)N1CCc2ccccc2C1. The summed E-state index contributed by atoms with van der Waals surface area (Å²) in [7, 11) is 0. The molecule has 0 saturated heterocycles. The summed E-state index contributed by atoms with van der Waals surface area (Å²) in [5.74, 6) is 0.845. The highest BCUT2D eigenvalue weighted by Gasteiger charge is 2.27. The molecule has 138 valence electrons. The van der Waals surface area contributed by atoms with E-state index in [9.17, 15) is 4.79 Å². The Morgan fingerprint density at radius 2 is 1.73 bits per heavy atom. The number of nitrogens with zero attached hydrogens (tertiary/aromatic N) is 1. The van der Waals surface area contributed by atoms with Crippen molar-refractivity contribution in [1.29, 1.82) is 0 Å². The van der Waals surface area contributed by atoms with Crippen LogP contribution < -0.4 is 4.74 Å². The molecule has 1 heterocycles. The number of benzene rings is 2. The second kappa shape index (κ2) is 7.53. The van der Waals surface area contributed by atoms with Gasteiger partial charge in [0.25, 0.3) is 5.91 Å². The molecular weight excluding hydrogens is 322 g/mol. The fourth-order valence-electron chi connectivity index (χ4n) is 3.39. The largest absolute Gasteiger partial charge is 0.481 e. The van der Waals surface area contributed by atoms with Gasteiger partial charge in [-0.2, -0.15) is 0 Å². The third-order valence-electron chi connectivity index (χ3n) is 5.09. The van der Waals surface area contributed by atoms with Gasteiger partial charge in [0.15, 0.2) is 6.10 Å². The van der Waals surface area contributed by atoms with Crippen molar-refractivity contribution in [3.8, 4) is 5.75 Å². The van der Waals surface area contributed by atoms with Crippen molar-refractivity contribution in [3.05, 3.63) is 65.2 Å². The molecule has 3 heteroatoms. The second-order valence-corrected chi connectivity index (χ2v) is 8.07. The predicted octanol–water partition coefficient (Wildman–Crippen LogP) is 4.73. The van der Waals surface area contributed by atoms with Gasteiger partial charge in [0.2, 0.25) is 0 Å². The molecule has 0 bridgehead atoms. The maximum atomic E-state index is 13.0. The zero-order chi connectivity index (χ0) is 18.7. The highest BCUT2D eigenvalue weighted by atomic mass is 16.5. The Hall–Kier alpha value is -2.29. The first-order chi connectivity index (χ1) is 12.4. The quantitative estimate of drug-likeness (QED) is 0.797. The van der Waals surface area contributed by atoms with E-state index in [0.717, 1.165) is 18.7 Å². The average Bonchev–Trinajstić information content (AvgIpc) is 2.65. The molecule has 0 spiro atoms. The normalized spacial score (nSPS) is 15.3. The number of ether oxygens (including phenoxy) is 1. The number of rotatable bonds is 4. The maximum Gasteiger partial charge on any atom is 0.263 e. The first-order valence-corrected chi connectivity index (χ1v) is 9.51. The van der Waals surface area contributed by atoms with E-state index in [1.54, 1.807) is 0 Å². The predicted molar refractivity (Wildman–Crippen MR) is 105 cm³/mol. The van der Waals surface area contributed by atoms with Gasteiger partial charge in [-0.25, -0.2) is 0 Å². The van der Waals surface area contributed by atoms with Crippen molar-refractivity contribution < 1.29 is 9.53 Å². The van der Waals surface area contributed by atoms with Crippen molar-refractivity contribution in [2.24, 2.45) is 0 Å². The third kappa shape index (κ3) is 4.09. The van der Waals surface area contributed by atoms with Crippen LogP contribution in [0, 0.1) is 0 Å². The fourth-order valence-corrected chi connectivity index (χ4v) is 3.39. The Labute approximate surface area is 157 Å². The van der Waals surface area contributed by atoms with Crippen molar-refractivity contribution in [3.63, 3.8) is 0 Å². The lowest BCUT2D eigenvalue weighted by Gasteiger charge is -2.31. The summed E-state index contributed by atoms with van der Waals surface area (Å²) in [5, 5.41) is 0. The van der Waals surface area contributed by atoms with E-state index in [-0.39, 0.29) is 11.3 Å². The number of fused-ring (bicyclic) bond motifs is 1. The molecule has 1 atom stereocenters. The number of hydrogen-bond donors (Lipinski definition) is 0. The molecule has 3 rings (SSSR count). The monoisotopic (exact) mass is 351 g/mol. The lowest BCUT2D eigenvalue weighted by molar-refractivity contribution is -0.139. The van der Waals surface area contributed by atoms with E-state index in [2.05, 4.69) is 51.1 Å². The molecule has 1 aliphatic rings. The molecule has 3 nitrogen and oxygen atoms in total. The van der Waals surface area contributed by atoms with Crippen molar-refractivity contribution in [2.45, 2.75) is 58.6 Å². The highest BCUT2D eigenvalue weighted by Crippen LogP contribution is 2.26. The van der Waals surface area contributed by atoms with Crippen LogP contribution >= 0.6 is 0 Å². The van der Waals surface area contributed by atoms with Crippen molar-refractivity contribution in [2.75, 3.05) is 6.54 Å². The van der Waals surface area contributed by atoms with Crippen LogP contribution in [0.5, 0.6) is 5.75 Å². The van der Waals surface area contributed by atoms with E-state index in [1.165, 1.54) is 16.7 Å². The van der Waals surface area contributed by atoms with Gasteiger partial charge in [0.05, 0.1) is 0 Å². The number of hydrogen-bond acceptors (Lipinski definition) is 2. The first kappa shape index (κ1) is 18.5. The van der Waals surface area contributed by atoms with E-state index in [0.29, 0.717) is 13.0 Å². The Morgan fingerprint density at radius 1 is 1.08 bits per heavy atom. The van der Waals surface area contributed by atoms with Gasteiger partial charge in [-0.05, 0) is 47.1 Å². The molecule has 0 aliphatic carbocycles. The van der Waals surface area contributed by atoms with Crippen LogP contribution in [0.1, 0.15) is 50.8 Å². The Morgan fingerprint density at radius 3 is 2.35 bits per heavy atom. The van der Waals surface area contributed by atoms with Gasteiger partial charge < -0.3 is 9.64 Å². The Bertz CT molecular complexity index is 759. The van der Waals surface area contributed by atoms with Gasteiger partial charge in [-0.1, -0.05) is 64.1 Å². The molecule has 1 aliphatic heterocycles. The fraction of sp³-hybridized carbons (Fsp3) is 0.435. The highest BCUT2D eigenvalue weighted by molar-refractivity contribution is 5.81. The Balaban J connectivity index is 1.68. The standard InChI is InChI=1S/C23H29NO2/c1-5-21(26-20-12-10-19(11-13-20)23(2,3)4)22(25)24-15-14-17-8-6-7-9-18(17)16-24/h6-13,21H,5,14-16H2,1-4H3/t21-/m0/s1. The summed E-state index contributed by atoms with van der Waals surface area (Å²) in [5.41, 5.74) is 3.97. The van der Waals surface area contributed by atoms with Crippen LogP contribution in [-0.4, -0.2) is 23.5 Å². The summed E-state index contributed by atoms with van der Waals surface area (Å²) in [6.07, 6.45) is 1.15. The van der Waals surface area contributed by atoms with Crippen LogP contribution in [0.25, 0.3) is 0 Å². The summed E-state index contributed by atoms with van der Waals surface area (Å²) in [4.78, 5) is 14.9. The van der Waals surface area contributed by atoms with Gasteiger partial charge >= 0.3 is 0 Å². The van der Waals surface area contributed by atoms with Crippen LogP contribution in [0.3, 0.4) is 0 Å². The Kier molecular flexibility index (Phi) is 5.36. The smallest absolute Gasteiger partial charge is 0.263 e. The van der Waals surface area contributed by atoms with Crippen LogP contribution in [0.4, 0.5) is 0 Å². The zero-order valence-electron chi connectivity index (χ0n) is 16.3. The summed E-state index contributed by atoms with van der Waals surface area (Å²) >= 11 is 0. The molecule has 26 heavy (non-hydrogen) atoms. The summed E-state index contributed by atoms with van der Waals surface area (Å²) in [6.45, 7) is 10.0. The minimum atomic E-state index is -0.430. The number of carbonyl (C=O) groups is 1. The van der Waals surface area contributed by atoms with Crippen LogP contribution in [0.2, 0.25) is 0 Å². The molecule has 2 aromatic carbocycles. The van der Waals surface area contributed by atoms with E-state index >= 15 is 0 Å². The van der Waals surface area contributed by atoms with Crippen LogP contribution in [0.15, 0.2) is 48.5 Å². The molecule has 0 aromatic heterocycles. The van der Waals surface area contributed by atoms with Crippen molar-refractivity contribution in [1.82, 2.24) is 4.90 Å². The molecule has 0 radical (unpaired) electrons. The van der Waals surface area contributed by atoms with Gasteiger partial charge in [-0.15, -0.1) is 0 Å².